The molecule has 34 heavy (non-hydrogen) atoms. The third-order valence-corrected chi connectivity index (χ3v) is 6.55. The van der Waals surface area contributed by atoms with Gasteiger partial charge in [0.1, 0.15) is 11.8 Å². The standard InChI is InChI=1S/C18H19Cl3N6O6S/c19-11-6-9(27(29)30)3-4-15(11)33-16-12(20)7-10(8-13(16)21)34(31,32)26-14(17(22)28)2-1-5-25-18(23)24/h3-4,6-8,14,26H,1-2,5H2,(H2,22,28)(H4,23,24,25). The van der Waals surface area contributed by atoms with E-state index in [4.69, 9.17) is 56.4 Å². The van der Waals surface area contributed by atoms with Gasteiger partial charge in [0, 0.05) is 18.7 Å². The number of benzene rings is 2. The van der Waals surface area contributed by atoms with Crippen molar-refractivity contribution in [1.82, 2.24) is 10.0 Å². The Kier molecular flexibility index (Phi) is 9.29. The fourth-order valence-electron chi connectivity index (χ4n) is 2.63. The van der Waals surface area contributed by atoms with Crippen LogP contribution in [0.2, 0.25) is 15.1 Å². The van der Waals surface area contributed by atoms with Crippen LogP contribution in [0.1, 0.15) is 12.8 Å². The number of sulfonamides is 1. The van der Waals surface area contributed by atoms with E-state index in [1.807, 2.05) is 0 Å². The molecular formula is C18H19Cl3N6O6S. The summed E-state index contributed by atoms with van der Waals surface area (Å²) in [7, 11) is -4.28. The van der Waals surface area contributed by atoms with Crippen molar-refractivity contribution in [2.24, 2.45) is 11.5 Å². The molecule has 0 bridgehead atoms. The number of primary amides is 1. The Balaban J connectivity index is 2.23. The summed E-state index contributed by atoms with van der Waals surface area (Å²) in [6.07, 6.45) is 0.330. The van der Waals surface area contributed by atoms with Crippen molar-refractivity contribution in [3.8, 4) is 11.5 Å². The smallest absolute Gasteiger partial charge is 0.271 e. The minimum atomic E-state index is -4.28. The highest BCUT2D eigenvalue weighted by Gasteiger charge is 2.26. The molecule has 16 heteroatoms. The van der Waals surface area contributed by atoms with Gasteiger partial charge in [-0.1, -0.05) is 34.8 Å². The second kappa shape index (κ2) is 11.5. The Morgan fingerprint density at radius 2 is 1.76 bits per heavy atom. The van der Waals surface area contributed by atoms with Crippen LogP contribution in [-0.4, -0.2) is 37.8 Å². The summed E-state index contributed by atoms with van der Waals surface area (Å²) in [6, 6.07) is 4.29. The fourth-order valence-corrected chi connectivity index (χ4v) is 4.83. The van der Waals surface area contributed by atoms with Crippen molar-refractivity contribution in [2.75, 3.05) is 6.54 Å². The molecule has 1 amide bonds. The number of rotatable bonds is 11. The fraction of sp³-hybridized carbons (Fsp3) is 0.222. The average molecular weight is 554 g/mol. The SMILES string of the molecule is N=C(N)NCCCC(NS(=O)(=O)c1cc(Cl)c(Oc2ccc([N+](=O)[O-])cc2Cl)c(Cl)c1)C(N)=O. The zero-order chi connectivity index (χ0) is 25.6. The number of nitro benzene ring substituents is 1. The van der Waals surface area contributed by atoms with Gasteiger partial charge in [0.2, 0.25) is 15.9 Å². The molecule has 0 aliphatic heterocycles. The van der Waals surface area contributed by atoms with Crippen LogP contribution in [0.5, 0.6) is 11.5 Å². The van der Waals surface area contributed by atoms with Crippen LogP contribution in [0.4, 0.5) is 5.69 Å². The van der Waals surface area contributed by atoms with E-state index in [2.05, 4.69) is 10.0 Å². The van der Waals surface area contributed by atoms with Crippen molar-refractivity contribution in [2.45, 2.75) is 23.8 Å². The van der Waals surface area contributed by atoms with Gasteiger partial charge in [0.05, 0.1) is 24.9 Å². The highest BCUT2D eigenvalue weighted by Crippen LogP contribution is 2.41. The zero-order valence-electron chi connectivity index (χ0n) is 17.2. The number of amides is 1. The summed E-state index contributed by atoms with van der Waals surface area (Å²) >= 11 is 18.3. The molecule has 2 aromatic carbocycles. The lowest BCUT2D eigenvalue weighted by atomic mass is 10.1. The van der Waals surface area contributed by atoms with E-state index < -0.39 is 26.9 Å². The number of ether oxygens (including phenoxy) is 1. The number of nitrogens with two attached hydrogens (primary N) is 2. The van der Waals surface area contributed by atoms with Crippen LogP contribution < -0.4 is 26.2 Å². The molecule has 2 rings (SSSR count). The van der Waals surface area contributed by atoms with Crippen molar-refractivity contribution in [1.29, 1.82) is 5.41 Å². The minimum absolute atomic E-state index is 0.00207. The maximum atomic E-state index is 12.8. The third kappa shape index (κ3) is 7.33. The third-order valence-electron chi connectivity index (χ3n) is 4.25. The number of nitrogens with one attached hydrogen (secondary N) is 3. The highest BCUT2D eigenvalue weighted by molar-refractivity contribution is 7.89. The summed E-state index contributed by atoms with van der Waals surface area (Å²) in [6.45, 7) is 0.232. The first-order valence-electron chi connectivity index (χ1n) is 9.32. The van der Waals surface area contributed by atoms with Crippen molar-refractivity contribution >= 4 is 62.4 Å². The minimum Gasteiger partial charge on any atom is -0.453 e. The molecule has 0 saturated carbocycles. The number of hydrogen-bond acceptors (Lipinski definition) is 7. The van der Waals surface area contributed by atoms with Crippen LogP contribution in [0, 0.1) is 15.5 Å². The topological polar surface area (TPSA) is 204 Å². The molecule has 0 aromatic heterocycles. The van der Waals surface area contributed by atoms with Gasteiger partial charge in [-0.25, -0.2) is 8.42 Å². The zero-order valence-corrected chi connectivity index (χ0v) is 20.3. The highest BCUT2D eigenvalue weighted by atomic mass is 35.5. The van der Waals surface area contributed by atoms with Crippen LogP contribution in [0.15, 0.2) is 35.2 Å². The number of carbonyl (C=O) groups excluding carboxylic acids is 1. The summed E-state index contributed by atoms with van der Waals surface area (Å²) < 4.78 is 33.3. The van der Waals surface area contributed by atoms with Crippen LogP contribution in [0.25, 0.3) is 0 Å². The number of non-ortho nitro benzene ring substituents is 1. The van der Waals surface area contributed by atoms with Gasteiger partial charge in [-0.15, -0.1) is 0 Å². The lowest BCUT2D eigenvalue weighted by Gasteiger charge is -2.17. The van der Waals surface area contributed by atoms with E-state index in [0.717, 1.165) is 24.3 Å². The monoisotopic (exact) mass is 552 g/mol. The van der Waals surface area contributed by atoms with Crippen molar-refractivity contribution in [3.63, 3.8) is 0 Å². The van der Waals surface area contributed by atoms with Crippen LogP contribution in [0.3, 0.4) is 0 Å². The number of halogens is 3. The van der Waals surface area contributed by atoms with Gasteiger partial charge < -0.3 is 21.5 Å². The second-order valence-corrected chi connectivity index (χ2v) is 9.68. The maximum absolute atomic E-state index is 12.8. The number of carbonyl (C=O) groups is 1. The van der Waals surface area contributed by atoms with E-state index in [-0.39, 0.29) is 56.1 Å². The molecule has 1 unspecified atom stereocenters. The number of nitrogens with zero attached hydrogens (tertiary/aromatic N) is 1. The van der Waals surface area contributed by atoms with Gasteiger partial charge in [-0.3, -0.25) is 20.3 Å². The largest absolute Gasteiger partial charge is 0.453 e. The van der Waals surface area contributed by atoms with Crippen LogP contribution in [-0.2, 0) is 14.8 Å². The predicted octanol–water partition coefficient (Wildman–Crippen LogP) is 2.74. The van der Waals surface area contributed by atoms with Gasteiger partial charge in [0.15, 0.2) is 11.7 Å². The Hall–Kier alpha value is -2.84. The average Bonchev–Trinajstić information content (AvgIpc) is 2.73. The lowest BCUT2D eigenvalue weighted by molar-refractivity contribution is -0.384. The molecule has 0 heterocycles. The molecule has 0 radical (unpaired) electrons. The van der Waals surface area contributed by atoms with Crippen molar-refractivity contribution in [3.05, 3.63) is 55.5 Å². The van der Waals surface area contributed by atoms with E-state index in [9.17, 15) is 23.3 Å². The first-order valence-corrected chi connectivity index (χ1v) is 11.9. The van der Waals surface area contributed by atoms with E-state index in [1.165, 1.54) is 6.07 Å². The lowest BCUT2D eigenvalue weighted by Crippen LogP contribution is -2.44. The predicted molar refractivity (Wildman–Crippen MR) is 127 cm³/mol. The summed E-state index contributed by atoms with van der Waals surface area (Å²) in [5.41, 5.74) is 10.2. The van der Waals surface area contributed by atoms with E-state index in [1.54, 1.807) is 0 Å². The molecule has 7 N–H and O–H groups in total. The first kappa shape index (κ1) is 27.4. The van der Waals surface area contributed by atoms with Gasteiger partial charge >= 0.3 is 0 Å². The Morgan fingerprint density at radius 1 is 1.15 bits per heavy atom. The molecule has 0 saturated heterocycles. The molecule has 0 aliphatic carbocycles. The van der Waals surface area contributed by atoms with Gasteiger partial charge in [0.25, 0.3) is 5.69 Å². The summed E-state index contributed by atoms with van der Waals surface area (Å²) in [5.74, 6) is -1.31. The summed E-state index contributed by atoms with van der Waals surface area (Å²) in [5, 5.41) is 19.9. The molecular weight excluding hydrogens is 535 g/mol. The number of hydrogen-bond donors (Lipinski definition) is 5. The van der Waals surface area contributed by atoms with Crippen LogP contribution >= 0.6 is 34.8 Å². The maximum Gasteiger partial charge on any atom is 0.271 e. The molecule has 184 valence electrons. The van der Waals surface area contributed by atoms with E-state index in [0.29, 0.717) is 6.42 Å². The van der Waals surface area contributed by atoms with Gasteiger partial charge in [-0.05, 0) is 31.0 Å². The first-order chi connectivity index (χ1) is 15.8. The molecule has 0 aliphatic rings. The van der Waals surface area contributed by atoms with Crippen molar-refractivity contribution < 1.29 is 22.9 Å². The normalized spacial score (nSPS) is 12.1. The second-order valence-electron chi connectivity index (χ2n) is 6.75. The summed E-state index contributed by atoms with van der Waals surface area (Å²) in [4.78, 5) is 21.5. The Bertz CT molecular complexity index is 1200. The van der Waals surface area contributed by atoms with Gasteiger partial charge in [-0.2, -0.15) is 4.72 Å². The van der Waals surface area contributed by atoms with E-state index >= 15 is 0 Å². The molecule has 12 nitrogen and oxygen atoms in total. The Labute approximate surface area is 209 Å². The number of guanidine groups is 1. The molecule has 2 aromatic rings. The molecule has 0 spiro atoms. The molecule has 1 atom stereocenters. The Morgan fingerprint density at radius 3 is 2.26 bits per heavy atom. The quantitative estimate of drug-likeness (QED) is 0.0917. The molecule has 0 fully saturated rings. The number of nitro groups is 1.